The summed E-state index contributed by atoms with van der Waals surface area (Å²) in [5.74, 6) is 2.16. The molecule has 4 nitrogen and oxygen atoms in total. The van der Waals surface area contributed by atoms with Crippen LogP contribution in [0.3, 0.4) is 0 Å². The van der Waals surface area contributed by atoms with Crippen molar-refractivity contribution in [3.8, 4) is 28.7 Å². The van der Waals surface area contributed by atoms with Gasteiger partial charge in [0.1, 0.15) is 28.6 Å². The first-order valence-electron chi connectivity index (χ1n) is 7.70. The average molecular weight is 335 g/mol. The summed E-state index contributed by atoms with van der Waals surface area (Å²) >= 11 is 0. The largest absolute Gasteiger partial charge is 0.497 e. The van der Waals surface area contributed by atoms with Gasteiger partial charge < -0.3 is 13.9 Å². The minimum atomic E-state index is -0.302. The number of halogens is 1. The molecule has 0 fully saturated rings. The SMILES string of the molecule is COc1ccc(-c2nc3cc(Oc4ccc(F)cc4)ccc3o2)cc1. The highest BCUT2D eigenvalue weighted by Crippen LogP contribution is 2.29. The minimum absolute atomic E-state index is 0.302. The van der Waals surface area contributed by atoms with Crippen LogP contribution in [0.1, 0.15) is 0 Å². The molecule has 0 saturated carbocycles. The Balaban J connectivity index is 1.63. The van der Waals surface area contributed by atoms with Gasteiger partial charge in [-0.05, 0) is 60.7 Å². The van der Waals surface area contributed by atoms with Gasteiger partial charge in [0.05, 0.1) is 7.11 Å². The van der Waals surface area contributed by atoms with E-state index in [0.717, 1.165) is 11.3 Å². The maximum atomic E-state index is 13.0. The first-order chi connectivity index (χ1) is 12.2. The predicted octanol–water partition coefficient (Wildman–Crippen LogP) is 5.43. The lowest BCUT2D eigenvalue weighted by molar-refractivity contribution is 0.415. The maximum absolute atomic E-state index is 13.0. The lowest BCUT2D eigenvalue weighted by atomic mass is 10.2. The second-order valence-electron chi connectivity index (χ2n) is 5.43. The van der Waals surface area contributed by atoms with Gasteiger partial charge in [0.15, 0.2) is 5.58 Å². The molecule has 4 rings (SSSR count). The molecule has 4 aromatic rings. The van der Waals surface area contributed by atoms with Crippen molar-refractivity contribution in [2.75, 3.05) is 7.11 Å². The van der Waals surface area contributed by atoms with Crippen LogP contribution in [0, 0.1) is 5.82 Å². The molecule has 0 amide bonds. The van der Waals surface area contributed by atoms with E-state index in [2.05, 4.69) is 4.98 Å². The zero-order chi connectivity index (χ0) is 17.2. The number of oxazole rings is 1. The molecule has 1 aromatic heterocycles. The van der Waals surface area contributed by atoms with Crippen LogP contribution in [0.2, 0.25) is 0 Å². The first kappa shape index (κ1) is 15.2. The van der Waals surface area contributed by atoms with E-state index in [1.807, 2.05) is 24.3 Å². The number of hydrogen-bond donors (Lipinski definition) is 0. The van der Waals surface area contributed by atoms with E-state index >= 15 is 0 Å². The molecule has 0 saturated heterocycles. The van der Waals surface area contributed by atoms with Crippen molar-refractivity contribution >= 4 is 11.1 Å². The third-order valence-corrected chi connectivity index (χ3v) is 3.75. The Bertz CT molecular complexity index is 1010. The van der Waals surface area contributed by atoms with E-state index in [4.69, 9.17) is 13.9 Å². The van der Waals surface area contributed by atoms with Gasteiger partial charge in [-0.15, -0.1) is 0 Å². The van der Waals surface area contributed by atoms with Crippen molar-refractivity contribution in [2.45, 2.75) is 0 Å². The molecule has 0 unspecified atom stereocenters. The summed E-state index contributed by atoms with van der Waals surface area (Å²) in [5.41, 5.74) is 2.21. The number of benzene rings is 3. The Morgan fingerprint density at radius 1 is 0.840 bits per heavy atom. The lowest BCUT2D eigenvalue weighted by Gasteiger charge is -2.04. The molecular weight excluding hydrogens is 321 g/mol. The van der Waals surface area contributed by atoms with E-state index in [9.17, 15) is 4.39 Å². The summed E-state index contributed by atoms with van der Waals surface area (Å²) < 4.78 is 29.6. The van der Waals surface area contributed by atoms with Gasteiger partial charge in [0, 0.05) is 11.6 Å². The number of methoxy groups -OCH3 is 1. The predicted molar refractivity (Wildman–Crippen MR) is 92.5 cm³/mol. The van der Waals surface area contributed by atoms with Gasteiger partial charge in [-0.1, -0.05) is 0 Å². The summed E-state index contributed by atoms with van der Waals surface area (Å²) in [6, 6.07) is 18.7. The summed E-state index contributed by atoms with van der Waals surface area (Å²) in [6.07, 6.45) is 0. The highest BCUT2D eigenvalue weighted by Gasteiger charge is 2.10. The lowest BCUT2D eigenvalue weighted by Crippen LogP contribution is -1.84. The maximum Gasteiger partial charge on any atom is 0.227 e. The molecule has 0 atom stereocenters. The zero-order valence-electron chi connectivity index (χ0n) is 13.4. The van der Waals surface area contributed by atoms with Crippen LogP contribution in [0.5, 0.6) is 17.2 Å². The van der Waals surface area contributed by atoms with Crippen LogP contribution in [0.25, 0.3) is 22.6 Å². The van der Waals surface area contributed by atoms with Gasteiger partial charge >= 0.3 is 0 Å². The van der Waals surface area contributed by atoms with Gasteiger partial charge in [0.25, 0.3) is 0 Å². The number of rotatable bonds is 4. The van der Waals surface area contributed by atoms with E-state index in [1.165, 1.54) is 12.1 Å². The molecular formula is C20H14FNO3. The fourth-order valence-corrected chi connectivity index (χ4v) is 2.47. The molecule has 124 valence electrons. The van der Waals surface area contributed by atoms with Gasteiger partial charge in [-0.2, -0.15) is 0 Å². The number of aromatic nitrogens is 1. The Morgan fingerprint density at radius 2 is 1.52 bits per heavy atom. The Hall–Kier alpha value is -3.34. The van der Waals surface area contributed by atoms with Crippen molar-refractivity contribution in [2.24, 2.45) is 0 Å². The smallest absolute Gasteiger partial charge is 0.227 e. The minimum Gasteiger partial charge on any atom is -0.497 e. The summed E-state index contributed by atoms with van der Waals surface area (Å²) in [4.78, 5) is 4.51. The number of nitrogens with zero attached hydrogens (tertiary/aromatic N) is 1. The molecule has 25 heavy (non-hydrogen) atoms. The normalized spacial score (nSPS) is 10.8. The zero-order valence-corrected chi connectivity index (χ0v) is 13.4. The van der Waals surface area contributed by atoms with Gasteiger partial charge in [-0.25, -0.2) is 9.37 Å². The molecule has 0 bridgehead atoms. The number of ether oxygens (including phenoxy) is 2. The Morgan fingerprint density at radius 3 is 2.24 bits per heavy atom. The third-order valence-electron chi connectivity index (χ3n) is 3.75. The highest BCUT2D eigenvalue weighted by molar-refractivity contribution is 5.77. The van der Waals surface area contributed by atoms with Crippen LogP contribution in [0.15, 0.2) is 71.1 Å². The molecule has 0 aliphatic carbocycles. The standard InChI is InChI=1S/C20H14FNO3/c1-23-15-6-2-13(3-7-15)20-22-18-12-17(10-11-19(18)25-20)24-16-8-4-14(21)5-9-16/h2-12H,1H3. The Labute approximate surface area is 143 Å². The quantitative estimate of drug-likeness (QED) is 0.498. The third kappa shape index (κ3) is 3.17. The van der Waals surface area contributed by atoms with Crippen LogP contribution in [-0.2, 0) is 0 Å². The second-order valence-corrected chi connectivity index (χ2v) is 5.43. The molecule has 5 heteroatoms. The van der Waals surface area contributed by atoms with Crippen LogP contribution in [0.4, 0.5) is 4.39 Å². The monoisotopic (exact) mass is 335 g/mol. The van der Waals surface area contributed by atoms with E-state index in [1.54, 1.807) is 37.4 Å². The van der Waals surface area contributed by atoms with Crippen molar-refractivity contribution in [1.29, 1.82) is 0 Å². The molecule has 3 aromatic carbocycles. The van der Waals surface area contributed by atoms with E-state index in [-0.39, 0.29) is 5.82 Å². The molecule has 0 aliphatic heterocycles. The Kier molecular flexibility index (Phi) is 3.82. The first-order valence-corrected chi connectivity index (χ1v) is 7.70. The number of hydrogen-bond acceptors (Lipinski definition) is 4. The fraction of sp³-hybridized carbons (Fsp3) is 0.0500. The van der Waals surface area contributed by atoms with Crippen LogP contribution < -0.4 is 9.47 Å². The van der Waals surface area contributed by atoms with Crippen molar-refractivity contribution < 1.29 is 18.3 Å². The van der Waals surface area contributed by atoms with Crippen LogP contribution in [-0.4, -0.2) is 12.1 Å². The van der Waals surface area contributed by atoms with E-state index < -0.39 is 0 Å². The highest BCUT2D eigenvalue weighted by atomic mass is 19.1. The van der Waals surface area contributed by atoms with Crippen molar-refractivity contribution in [1.82, 2.24) is 4.98 Å². The molecule has 0 aliphatic rings. The van der Waals surface area contributed by atoms with Crippen LogP contribution >= 0.6 is 0 Å². The fourth-order valence-electron chi connectivity index (χ4n) is 2.47. The molecule has 0 spiro atoms. The molecule has 1 heterocycles. The summed E-state index contributed by atoms with van der Waals surface area (Å²) in [6.45, 7) is 0. The molecule has 0 radical (unpaired) electrons. The van der Waals surface area contributed by atoms with Gasteiger partial charge in [0.2, 0.25) is 5.89 Å². The van der Waals surface area contributed by atoms with Crippen molar-refractivity contribution in [3.63, 3.8) is 0 Å². The summed E-state index contributed by atoms with van der Waals surface area (Å²) in [7, 11) is 1.62. The summed E-state index contributed by atoms with van der Waals surface area (Å²) in [5, 5.41) is 0. The van der Waals surface area contributed by atoms with E-state index in [0.29, 0.717) is 28.5 Å². The second kappa shape index (κ2) is 6.28. The van der Waals surface area contributed by atoms with Crippen molar-refractivity contribution in [3.05, 3.63) is 72.5 Å². The van der Waals surface area contributed by atoms with Gasteiger partial charge in [-0.3, -0.25) is 0 Å². The average Bonchev–Trinajstić information content (AvgIpc) is 3.07. The number of fused-ring (bicyclic) bond motifs is 1. The topological polar surface area (TPSA) is 44.5 Å². The molecule has 0 N–H and O–H groups in total.